The minimum absolute atomic E-state index is 0.440. The summed E-state index contributed by atoms with van der Waals surface area (Å²) >= 11 is 5.89. The number of hydrogen-bond donors (Lipinski definition) is 2. The summed E-state index contributed by atoms with van der Waals surface area (Å²) in [6.07, 6.45) is 0. The second-order valence-electron chi connectivity index (χ2n) is 3.87. The van der Waals surface area contributed by atoms with E-state index in [1.807, 2.05) is 6.07 Å². The molecule has 3 nitrogen and oxygen atoms in total. The van der Waals surface area contributed by atoms with Gasteiger partial charge in [0.2, 0.25) is 0 Å². The van der Waals surface area contributed by atoms with Crippen LogP contribution < -0.4 is 5.46 Å². The first kappa shape index (κ1) is 10.7. The standard InChI is InChI=1S/C12H8BClO3/c14-8-2-3-9-10-5-7(13(15)16)1-4-11(10)17-12(9)6-8/h1-6,15-16H. The molecule has 0 fully saturated rings. The van der Waals surface area contributed by atoms with Crippen LogP contribution in [0.1, 0.15) is 0 Å². The summed E-state index contributed by atoms with van der Waals surface area (Å²) in [5.74, 6) is 0. The molecular formula is C12H8BClO3. The highest BCUT2D eigenvalue weighted by atomic mass is 35.5. The zero-order valence-corrected chi connectivity index (χ0v) is 9.48. The molecule has 0 spiro atoms. The maximum atomic E-state index is 9.14. The van der Waals surface area contributed by atoms with E-state index >= 15 is 0 Å². The van der Waals surface area contributed by atoms with Crippen LogP contribution in [0.25, 0.3) is 21.9 Å². The van der Waals surface area contributed by atoms with Crippen molar-refractivity contribution in [3.05, 3.63) is 41.4 Å². The molecule has 0 unspecified atom stereocenters. The third kappa shape index (κ3) is 1.71. The minimum atomic E-state index is -1.48. The predicted molar refractivity (Wildman–Crippen MR) is 68.6 cm³/mol. The average Bonchev–Trinajstić information content (AvgIpc) is 2.64. The summed E-state index contributed by atoms with van der Waals surface area (Å²) in [5, 5.41) is 20.7. The van der Waals surface area contributed by atoms with Crippen LogP contribution in [0.2, 0.25) is 5.02 Å². The van der Waals surface area contributed by atoms with E-state index in [2.05, 4.69) is 0 Å². The maximum Gasteiger partial charge on any atom is 0.488 e. The topological polar surface area (TPSA) is 53.6 Å². The van der Waals surface area contributed by atoms with Crippen LogP contribution >= 0.6 is 11.6 Å². The van der Waals surface area contributed by atoms with Gasteiger partial charge in [0.1, 0.15) is 11.2 Å². The van der Waals surface area contributed by atoms with Crippen molar-refractivity contribution in [1.29, 1.82) is 0 Å². The van der Waals surface area contributed by atoms with Crippen LogP contribution in [0.5, 0.6) is 0 Å². The van der Waals surface area contributed by atoms with Gasteiger partial charge in [0.25, 0.3) is 0 Å². The molecule has 2 aromatic carbocycles. The van der Waals surface area contributed by atoms with Gasteiger partial charge in [-0.2, -0.15) is 0 Å². The lowest BCUT2D eigenvalue weighted by atomic mass is 9.80. The van der Waals surface area contributed by atoms with Crippen molar-refractivity contribution < 1.29 is 14.5 Å². The molecule has 0 amide bonds. The van der Waals surface area contributed by atoms with Gasteiger partial charge in [0, 0.05) is 21.9 Å². The molecule has 5 heteroatoms. The number of furan rings is 1. The van der Waals surface area contributed by atoms with Crippen LogP contribution in [0, 0.1) is 0 Å². The number of benzene rings is 2. The van der Waals surface area contributed by atoms with E-state index in [0.717, 1.165) is 10.8 Å². The smallest absolute Gasteiger partial charge is 0.456 e. The van der Waals surface area contributed by atoms with Crippen molar-refractivity contribution in [3.63, 3.8) is 0 Å². The third-order valence-electron chi connectivity index (χ3n) is 2.76. The van der Waals surface area contributed by atoms with E-state index in [9.17, 15) is 0 Å². The van der Waals surface area contributed by atoms with Crippen LogP contribution in [-0.4, -0.2) is 17.2 Å². The molecule has 0 aliphatic carbocycles. The summed E-state index contributed by atoms with van der Waals surface area (Å²) in [4.78, 5) is 0. The van der Waals surface area contributed by atoms with Gasteiger partial charge in [-0.25, -0.2) is 0 Å². The van der Waals surface area contributed by atoms with Gasteiger partial charge in [0.15, 0.2) is 0 Å². The molecule has 0 bridgehead atoms. The van der Waals surface area contributed by atoms with E-state index in [0.29, 0.717) is 21.7 Å². The Labute approximate surface area is 102 Å². The Morgan fingerprint density at radius 3 is 2.53 bits per heavy atom. The second kappa shape index (κ2) is 3.77. The van der Waals surface area contributed by atoms with Crippen LogP contribution in [0.4, 0.5) is 0 Å². The summed E-state index contributed by atoms with van der Waals surface area (Å²) in [5.41, 5.74) is 1.83. The Hall–Kier alpha value is -1.49. The third-order valence-corrected chi connectivity index (χ3v) is 2.99. The van der Waals surface area contributed by atoms with E-state index in [1.54, 1.807) is 30.3 Å². The molecule has 0 radical (unpaired) electrons. The summed E-state index contributed by atoms with van der Waals surface area (Å²) in [7, 11) is -1.48. The maximum absolute atomic E-state index is 9.14. The molecular weight excluding hydrogens is 238 g/mol. The normalized spacial score (nSPS) is 11.2. The Morgan fingerprint density at radius 1 is 0.941 bits per heavy atom. The predicted octanol–water partition coefficient (Wildman–Crippen LogP) is 1.92. The van der Waals surface area contributed by atoms with Gasteiger partial charge in [-0.05, 0) is 23.7 Å². The average molecular weight is 246 g/mol. The first-order valence-corrected chi connectivity index (χ1v) is 5.51. The molecule has 1 aromatic heterocycles. The van der Waals surface area contributed by atoms with Crippen molar-refractivity contribution in [2.45, 2.75) is 0 Å². The van der Waals surface area contributed by atoms with Crippen LogP contribution in [0.15, 0.2) is 40.8 Å². The molecule has 1 heterocycles. The van der Waals surface area contributed by atoms with Gasteiger partial charge in [-0.15, -0.1) is 0 Å². The van der Waals surface area contributed by atoms with Gasteiger partial charge in [-0.1, -0.05) is 23.7 Å². The first-order valence-electron chi connectivity index (χ1n) is 5.13. The second-order valence-corrected chi connectivity index (χ2v) is 4.31. The Kier molecular flexibility index (Phi) is 2.36. The summed E-state index contributed by atoms with van der Waals surface area (Å²) < 4.78 is 5.62. The van der Waals surface area contributed by atoms with Gasteiger partial charge in [0.05, 0.1) is 0 Å². The lowest BCUT2D eigenvalue weighted by Crippen LogP contribution is -2.29. The number of fused-ring (bicyclic) bond motifs is 3. The van der Waals surface area contributed by atoms with Crippen molar-refractivity contribution in [1.82, 2.24) is 0 Å². The van der Waals surface area contributed by atoms with E-state index in [4.69, 9.17) is 26.1 Å². The fourth-order valence-corrected chi connectivity index (χ4v) is 2.09. The Bertz CT molecular complexity index is 705. The monoisotopic (exact) mass is 246 g/mol. The lowest BCUT2D eigenvalue weighted by Gasteiger charge is -1.97. The highest BCUT2D eigenvalue weighted by molar-refractivity contribution is 6.59. The fraction of sp³-hybridized carbons (Fsp3) is 0. The van der Waals surface area contributed by atoms with Crippen LogP contribution in [-0.2, 0) is 0 Å². The highest BCUT2D eigenvalue weighted by Crippen LogP contribution is 2.29. The quantitative estimate of drug-likeness (QED) is 0.645. The number of rotatable bonds is 1. The molecule has 17 heavy (non-hydrogen) atoms. The Morgan fingerprint density at radius 2 is 1.76 bits per heavy atom. The molecule has 2 N–H and O–H groups in total. The zero-order valence-electron chi connectivity index (χ0n) is 8.72. The minimum Gasteiger partial charge on any atom is -0.456 e. The largest absolute Gasteiger partial charge is 0.488 e. The highest BCUT2D eigenvalue weighted by Gasteiger charge is 2.14. The van der Waals surface area contributed by atoms with E-state index in [-0.39, 0.29) is 0 Å². The van der Waals surface area contributed by atoms with Crippen molar-refractivity contribution in [3.8, 4) is 0 Å². The number of hydrogen-bond acceptors (Lipinski definition) is 3. The van der Waals surface area contributed by atoms with Gasteiger partial charge < -0.3 is 14.5 Å². The van der Waals surface area contributed by atoms with Gasteiger partial charge in [-0.3, -0.25) is 0 Å². The number of halogens is 1. The molecule has 0 saturated carbocycles. The zero-order chi connectivity index (χ0) is 12.0. The van der Waals surface area contributed by atoms with Crippen molar-refractivity contribution >= 4 is 46.1 Å². The van der Waals surface area contributed by atoms with Crippen molar-refractivity contribution in [2.24, 2.45) is 0 Å². The van der Waals surface area contributed by atoms with E-state index < -0.39 is 7.12 Å². The lowest BCUT2D eigenvalue weighted by molar-refractivity contribution is 0.426. The molecule has 3 rings (SSSR count). The van der Waals surface area contributed by atoms with E-state index in [1.165, 1.54) is 0 Å². The van der Waals surface area contributed by atoms with Crippen molar-refractivity contribution in [2.75, 3.05) is 0 Å². The molecule has 0 aliphatic rings. The molecule has 0 atom stereocenters. The first-order chi connectivity index (χ1) is 8.15. The van der Waals surface area contributed by atoms with Gasteiger partial charge >= 0.3 is 7.12 Å². The summed E-state index contributed by atoms with van der Waals surface area (Å²) in [6, 6.07) is 10.4. The SMILES string of the molecule is OB(O)c1ccc2oc3cc(Cl)ccc3c2c1. The molecule has 84 valence electrons. The van der Waals surface area contributed by atoms with Crippen LogP contribution in [0.3, 0.4) is 0 Å². The fourth-order valence-electron chi connectivity index (χ4n) is 1.93. The molecule has 3 aromatic rings. The molecule has 0 aliphatic heterocycles. The molecule has 0 saturated heterocycles. The Balaban J connectivity index is 2.37. The summed E-state index contributed by atoms with van der Waals surface area (Å²) in [6.45, 7) is 0.